The van der Waals surface area contributed by atoms with Gasteiger partial charge in [-0.3, -0.25) is 0 Å². The molecule has 2 aliphatic heterocycles. The Hall–Kier alpha value is -2.76. The van der Waals surface area contributed by atoms with E-state index in [9.17, 15) is 0 Å². The second-order valence-electron chi connectivity index (χ2n) is 7.47. The SMILES string of the molecule is C=CCOc1ccc([C@@H]2Oc3ccc(Br)cc3[C@@H]3CC(c4ccc(Cl)cc4)=NN32)cc1. The van der Waals surface area contributed by atoms with Crippen LogP contribution in [0.25, 0.3) is 0 Å². The van der Waals surface area contributed by atoms with E-state index >= 15 is 0 Å². The zero-order chi connectivity index (χ0) is 21.4. The van der Waals surface area contributed by atoms with Crippen molar-refractivity contribution >= 4 is 33.2 Å². The van der Waals surface area contributed by atoms with Crippen LogP contribution in [0.5, 0.6) is 11.5 Å². The Bertz CT molecular complexity index is 1150. The number of halogens is 2. The van der Waals surface area contributed by atoms with E-state index < -0.39 is 0 Å². The molecule has 2 heterocycles. The first-order valence-corrected chi connectivity index (χ1v) is 11.2. The van der Waals surface area contributed by atoms with Crippen molar-refractivity contribution in [3.63, 3.8) is 0 Å². The van der Waals surface area contributed by atoms with Gasteiger partial charge in [0.25, 0.3) is 0 Å². The zero-order valence-corrected chi connectivity index (χ0v) is 19.0. The summed E-state index contributed by atoms with van der Waals surface area (Å²) in [7, 11) is 0. The summed E-state index contributed by atoms with van der Waals surface area (Å²) in [5, 5.41) is 7.78. The fourth-order valence-corrected chi connectivity index (χ4v) is 4.48. The molecule has 3 aromatic rings. The predicted molar refractivity (Wildman–Crippen MR) is 127 cm³/mol. The molecule has 0 amide bonds. The highest BCUT2D eigenvalue weighted by atomic mass is 79.9. The molecule has 4 nitrogen and oxygen atoms in total. The van der Waals surface area contributed by atoms with E-state index in [2.05, 4.69) is 33.6 Å². The fraction of sp³-hybridized carbons (Fsp3) is 0.160. The van der Waals surface area contributed by atoms with Gasteiger partial charge in [-0.2, -0.15) is 5.10 Å². The summed E-state index contributed by atoms with van der Waals surface area (Å²) in [6, 6.07) is 22.0. The number of rotatable bonds is 5. The third-order valence-electron chi connectivity index (χ3n) is 5.46. The van der Waals surface area contributed by atoms with Gasteiger partial charge in [0.15, 0.2) is 0 Å². The quantitative estimate of drug-likeness (QED) is 0.361. The summed E-state index contributed by atoms with van der Waals surface area (Å²) in [5.41, 5.74) is 4.24. The van der Waals surface area contributed by atoms with E-state index in [1.807, 2.05) is 60.7 Å². The molecule has 6 heteroatoms. The third kappa shape index (κ3) is 3.95. The van der Waals surface area contributed by atoms with Crippen molar-refractivity contribution in [1.82, 2.24) is 5.01 Å². The van der Waals surface area contributed by atoms with E-state index in [1.165, 1.54) is 0 Å². The van der Waals surface area contributed by atoms with Crippen LogP contribution >= 0.6 is 27.5 Å². The van der Waals surface area contributed by atoms with Crippen molar-refractivity contribution in [1.29, 1.82) is 0 Å². The van der Waals surface area contributed by atoms with Gasteiger partial charge >= 0.3 is 0 Å². The molecule has 0 aromatic heterocycles. The fourth-order valence-electron chi connectivity index (χ4n) is 3.98. The summed E-state index contributed by atoms with van der Waals surface area (Å²) in [6.07, 6.45) is 2.21. The maximum Gasteiger partial charge on any atom is 0.213 e. The van der Waals surface area contributed by atoms with Gasteiger partial charge in [-0.15, -0.1) is 0 Å². The molecule has 0 saturated carbocycles. The molecule has 0 unspecified atom stereocenters. The number of nitrogens with zero attached hydrogens (tertiary/aromatic N) is 2. The highest BCUT2D eigenvalue weighted by Crippen LogP contribution is 2.48. The maximum atomic E-state index is 6.43. The second-order valence-corrected chi connectivity index (χ2v) is 8.83. The second kappa shape index (κ2) is 8.40. The topological polar surface area (TPSA) is 34.1 Å². The molecule has 5 rings (SSSR count). The number of fused-ring (bicyclic) bond motifs is 3. The first-order valence-electron chi connectivity index (χ1n) is 10.0. The van der Waals surface area contributed by atoms with Crippen LogP contribution in [0.3, 0.4) is 0 Å². The monoisotopic (exact) mass is 494 g/mol. The third-order valence-corrected chi connectivity index (χ3v) is 6.21. The molecule has 0 saturated heterocycles. The van der Waals surface area contributed by atoms with E-state index in [4.69, 9.17) is 26.2 Å². The van der Waals surface area contributed by atoms with Crippen LogP contribution in [0.1, 0.15) is 35.4 Å². The molecule has 0 N–H and O–H groups in total. The smallest absolute Gasteiger partial charge is 0.213 e. The Morgan fingerprint density at radius 2 is 1.90 bits per heavy atom. The van der Waals surface area contributed by atoms with Gasteiger partial charge in [0.05, 0.1) is 11.8 Å². The average molecular weight is 496 g/mol. The molecule has 0 spiro atoms. The number of hydrazone groups is 1. The Labute approximate surface area is 194 Å². The molecule has 0 fully saturated rings. The number of ether oxygens (including phenoxy) is 2. The maximum absolute atomic E-state index is 6.43. The largest absolute Gasteiger partial charge is 0.490 e. The molecule has 156 valence electrons. The Kier molecular flexibility index (Phi) is 5.47. The van der Waals surface area contributed by atoms with E-state index in [1.54, 1.807) is 6.08 Å². The van der Waals surface area contributed by atoms with Gasteiger partial charge in [0.2, 0.25) is 6.23 Å². The minimum absolute atomic E-state index is 0.0913. The van der Waals surface area contributed by atoms with E-state index in [-0.39, 0.29) is 12.3 Å². The van der Waals surface area contributed by atoms with Crippen LogP contribution in [0.2, 0.25) is 5.02 Å². The highest BCUT2D eigenvalue weighted by molar-refractivity contribution is 9.10. The average Bonchev–Trinajstić information content (AvgIpc) is 3.24. The summed E-state index contributed by atoms with van der Waals surface area (Å²) < 4.78 is 13.1. The minimum Gasteiger partial charge on any atom is -0.490 e. The molecular formula is C25H20BrClN2O2. The van der Waals surface area contributed by atoms with Crippen LogP contribution in [0.4, 0.5) is 0 Å². The van der Waals surface area contributed by atoms with Crippen LogP contribution in [-0.4, -0.2) is 17.3 Å². The van der Waals surface area contributed by atoms with Gasteiger partial charge in [-0.25, -0.2) is 5.01 Å². The first kappa shape index (κ1) is 20.2. The van der Waals surface area contributed by atoms with Gasteiger partial charge < -0.3 is 9.47 Å². The summed E-state index contributed by atoms with van der Waals surface area (Å²) >= 11 is 9.68. The van der Waals surface area contributed by atoms with Crippen molar-refractivity contribution in [2.75, 3.05) is 6.61 Å². The summed E-state index contributed by atoms with van der Waals surface area (Å²) in [5.74, 6) is 1.68. The lowest BCUT2D eigenvalue weighted by Crippen LogP contribution is -2.33. The number of hydrogen-bond acceptors (Lipinski definition) is 4. The van der Waals surface area contributed by atoms with Crippen molar-refractivity contribution < 1.29 is 9.47 Å². The lowest BCUT2D eigenvalue weighted by molar-refractivity contribution is -0.0191. The molecule has 2 atom stereocenters. The van der Waals surface area contributed by atoms with Gasteiger partial charge in [0.1, 0.15) is 18.1 Å². The van der Waals surface area contributed by atoms with Crippen molar-refractivity contribution in [2.24, 2.45) is 5.10 Å². The van der Waals surface area contributed by atoms with Gasteiger partial charge in [-0.05, 0) is 60.2 Å². The van der Waals surface area contributed by atoms with Crippen LogP contribution in [0, 0.1) is 0 Å². The normalized spacial score (nSPS) is 19.2. The van der Waals surface area contributed by atoms with Crippen molar-refractivity contribution in [3.05, 3.63) is 106 Å². The van der Waals surface area contributed by atoms with E-state index in [0.29, 0.717) is 11.6 Å². The molecule has 0 bridgehead atoms. The van der Waals surface area contributed by atoms with E-state index in [0.717, 1.165) is 44.8 Å². The molecule has 0 radical (unpaired) electrons. The first-order chi connectivity index (χ1) is 15.1. The standard InChI is InChI=1S/C25H20BrClN2O2/c1-2-13-30-20-10-5-17(6-11-20)25-29-23(21-14-18(26)7-12-24(21)31-25)15-22(28-29)16-3-8-19(27)9-4-16/h2-12,14,23,25H,1,13,15H2/t23-,25-/m0/s1. The predicted octanol–water partition coefficient (Wildman–Crippen LogP) is 6.91. The Balaban J connectivity index is 1.52. The summed E-state index contributed by atoms with van der Waals surface area (Å²) in [4.78, 5) is 0. The molecule has 3 aromatic carbocycles. The lowest BCUT2D eigenvalue weighted by atomic mass is 9.96. The number of benzene rings is 3. The Morgan fingerprint density at radius 1 is 1.13 bits per heavy atom. The molecule has 2 aliphatic rings. The van der Waals surface area contributed by atoms with Gasteiger partial charge in [0, 0.05) is 27.0 Å². The Morgan fingerprint density at radius 3 is 2.65 bits per heavy atom. The molecule has 31 heavy (non-hydrogen) atoms. The number of hydrogen-bond donors (Lipinski definition) is 0. The highest BCUT2D eigenvalue weighted by Gasteiger charge is 2.41. The minimum atomic E-state index is -0.322. The molecular weight excluding hydrogens is 476 g/mol. The summed E-state index contributed by atoms with van der Waals surface area (Å²) in [6.45, 7) is 4.17. The zero-order valence-electron chi connectivity index (χ0n) is 16.7. The van der Waals surface area contributed by atoms with Crippen molar-refractivity contribution in [3.8, 4) is 11.5 Å². The lowest BCUT2D eigenvalue weighted by Gasteiger charge is -2.38. The van der Waals surface area contributed by atoms with Crippen LogP contribution in [-0.2, 0) is 0 Å². The van der Waals surface area contributed by atoms with Crippen molar-refractivity contribution in [2.45, 2.75) is 18.7 Å². The van der Waals surface area contributed by atoms with Crippen LogP contribution in [0.15, 0.2) is 89.0 Å². The molecule has 0 aliphatic carbocycles. The van der Waals surface area contributed by atoms with Gasteiger partial charge in [-0.1, -0.05) is 52.3 Å². The van der Waals surface area contributed by atoms with Crippen LogP contribution < -0.4 is 9.47 Å².